The number of aromatic nitrogens is 1. The molecule has 3 rings (SSSR count). The summed E-state index contributed by atoms with van der Waals surface area (Å²) in [5.74, 6) is 0.387. The van der Waals surface area contributed by atoms with E-state index in [9.17, 15) is 4.79 Å². The molecule has 23 heavy (non-hydrogen) atoms. The Labute approximate surface area is 141 Å². The average Bonchev–Trinajstić information content (AvgIpc) is 3.22. The van der Waals surface area contributed by atoms with Gasteiger partial charge in [-0.15, -0.1) is 11.3 Å². The van der Waals surface area contributed by atoms with Crippen LogP contribution in [0, 0.1) is 6.57 Å². The van der Waals surface area contributed by atoms with Gasteiger partial charge in [-0.05, 0) is 12.1 Å². The van der Waals surface area contributed by atoms with Crippen molar-refractivity contribution in [3.8, 4) is 11.3 Å². The Balaban J connectivity index is 1.65. The minimum atomic E-state index is -0.201. The molecular formula is C16H10ClN3O2S. The molecule has 2 heterocycles. The highest BCUT2D eigenvalue weighted by molar-refractivity contribution is 7.17. The number of hydrogen-bond acceptors (Lipinski definition) is 4. The Hall–Kier alpha value is -2.62. The summed E-state index contributed by atoms with van der Waals surface area (Å²) in [7, 11) is 0. The maximum atomic E-state index is 11.9. The van der Waals surface area contributed by atoms with Crippen LogP contribution in [0.2, 0.25) is 4.34 Å². The van der Waals surface area contributed by atoms with E-state index in [1.165, 1.54) is 11.3 Å². The van der Waals surface area contributed by atoms with Crippen LogP contribution in [0.4, 0.5) is 5.69 Å². The number of nitrogens with one attached hydrogen (secondary N) is 1. The molecule has 0 atom stereocenters. The van der Waals surface area contributed by atoms with Crippen LogP contribution in [-0.4, -0.2) is 11.1 Å². The lowest BCUT2D eigenvalue weighted by atomic mass is 10.1. The second-order valence-corrected chi connectivity index (χ2v) is 6.34. The van der Waals surface area contributed by atoms with Gasteiger partial charge in [-0.3, -0.25) is 4.79 Å². The van der Waals surface area contributed by atoms with Crippen LogP contribution in [0.1, 0.15) is 15.4 Å². The highest BCUT2D eigenvalue weighted by atomic mass is 35.5. The molecule has 0 aliphatic rings. The molecule has 2 aromatic heterocycles. The lowest BCUT2D eigenvalue weighted by molar-refractivity contribution is 0.0954. The minimum absolute atomic E-state index is 0.201. The van der Waals surface area contributed by atoms with Gasteiger partial charge in [0.05, 0.1) is 22.3 Å². The molecular weight excluding hydrogens is 334 g/mol. The van der Waals surface area contributed by atoms with Crippen LogP contribution in [0.15, 0.2) is 47.0 Å². The molecule has 0 unspecified atom stereocenters. The molecule has 0 spiro atoms. The summed E-state index contributed by atoms with van der Waals surface area (Å²) in [6.45, 7) is 7.19. The molecule has 0 aliphatic carbocycles. The van der Waals surface area contributed by atoms with Gasteiger partial charge in [0.1, 0.15) is 5.69 Å². The Kier molecular flexibility index (Phi) is 4.42. The topological polar surface area (TPSA) is 59.5 Å². The number of rotatable bonds is 4. The zero-order valence-corrected chi connectivity index (χ0v) is 13.3. The monoisotopic (exact) mass is 343 g/mol. The van der Waals surface area contributed by atoms with Crippen molar-refractivity contribution in [1.29, 1.82) is 0 Å². The summed E-state index contributed by atoms with van der Waals surface area (Å²) in [6, 6.07) is 12.1. The van der Waals surface area contributed by atoms with E-state index in [1.807, 2.05) is 0 Å². The molecule has 1 aromatic carbocycles. The third kappa shape index (κ3) is 3.59. The molecule has 0 saturated carbocycles. The van der Waals surface area contributed by atoms with E-state index < -0.39 is 0 Å². The zero-order chi connectivity index (χ0) is 16.2. The number of halogens is 1. The molecule has 5 nitrogen and oxygen atoms in total. The van der Waals surface area contributed by atoms with Gasteiger partial charge in [-0.25, -0.2) is 4.85 Å². The van der Waals surface area contributed by atoms with E-state index in [0.29, 0.717) is 26.4 Å². The number of carbonyl (C=O) groups excluding carboxylic acids is 1. The Morgan fingerprint density at radius 1 is 1.30 bits per heavy atom. The fraction of sp³-hybridized carbons (Fsp3) is 0.0625. The van der Waals surface area contributed by atoms with Gasteiger partial charge >= 0.3 is 0 Å². The molecule has 0 bridgehead atoms. The first-order valence-electron chi connectivity index (χ1n) is 6.63. The molecule has 0 fully saturated rings. The van der Waals surface area contributed by atoms with Crippen LogP contribution in [0.5, 0.6) is 0 Å². The lowest BCUT2D eigenvalue weighted by Crippen LogP contribution is -2.21. The van der Waals surface area contributed by atoms with E-state index in [-0.39, 0.29) is 12.5 Å². The summed E-state index contributed by atoms with van der Waals surface area (Å²) < 4.78 is 5.84. The lowest BCUT2D eigenvalue weighted by Gasteiger charge is -1.99. The highest BCUT2D eigenvalue weighted by Crippen LogP contribution is 2.24. The predicted octanol–water partition coefficient (Wildman–Crippen LogP) is 4.54. The Morgan fingerprint density at radius 3 is 2.74 bits per heavy atom. The van der Waals surface area contributed by atoms with Crippen molar-refractivity contribution in [2.45, 2.75) is 6.54 Å². The second-order valence-electron chi connectivity index (χ2n) is 4.63. The third-order valence-electron chi connectivity index (χ3n) is 3.07. The first-order chi connectivity index (χ1) is 11.2. The molecule has 3 aromatic rings. The van der Waals surface area contributed by atoms with E-state index in [4.69, 9.17) is 22.7 Å². The molecule has 114 valence electrons. The number of benzene rings is 1. The van der Waals surface area contributed by atoms with Crippen LogP contribution in [0.3, 0.4) is 0 Å². The van der Waals surface area contributed by atoms with Crippen LogP contribution < -0.4 is 5.32 Å². The van der Waals surface area contributed by atoms with Crippen molar-refractivity contribution in [2.24, 2.45) is 0 Å². The molecule has 0 radical (unpaired) electrons. The van der Waals surface area contributed by atoms with Gasteiger partial charge in [0.2, 0.25) is 0 Å². The van der Waals surface area contributed by atoms with Crippen LogP contribution in [-0.2, 0) is 6.54 Å². The van der Waals surface area contributed by atoms with Gasteiger partial charge in [-0.2, -0.15) is 0 Å². The molecule has 1 N–H and O–H groups in total. The largest absolute Gasteiger partial charge is 0.356 e. The fourth-order valence-electron chi connectivity index (χ4n) is 1.93. The van der Waals surface area contributed by atoms with Crippen LogP contribution >= 0.6 is 22.9 Å². The number of hydrogen-bond donors (Lipinski definition) is 1. The standard InChI is InChI=1S/C16H10ClN3O2S/c1-18-11-4-2-10(3-5-11)13-8-12(20-22-13)9-19-16(21)14-6-7-15(17)23-14/h2-8H,9H2,(H,19,21). The first-order valence-corrected chi connectivity index (χ1v) is 7.82. The SMILES string of the molecule is [C-]#[N+]c1ccc(-c2cc(CNC(=O)c3ccc(Cl)s3)no2)cc1. The van der Waals surface area contributed by atoms with Crippen molar-refractivity contribution in [2.75, 3.05) is 0 Å². The minimum Gasteiger partial charge on any atom is -0.356 e. The summed E-state index contributed by atoms with van der Waals surface area (Å²) in [5, 5.41) is 6.70. The number of thiophene rings is 1. The second kappa shape index (κ2) is 6.65. The predicted molar refractivity (Wildman–Crippen MR) is 88.7 cm³/mol. The Morgan fingerprint density at radius 2 is 2.09 bits per heavy atom. The van der Waals surface area contributed by atoms with E-state index >= 15 is 0 Å². The van der Waals surface area contributed by atoms with Crippen molar-refractivity contribution >= 4 is 34.5 Å². The third-order valence-corrected chi connectivity index (χ3v) is 4.30. The summed E-state index contributed by atoms with van der Waals surface area (Å²) in [5.41, 5.74) is 2.01. The van der Waals surface area contributed by atoms with Gasteiger partial charge in [0.25, 0.3) is 5.91 Å². The highest BCUT2D eigenvalue weighted by Gasteiger charge is 2.11. The normalized spacial score (nSPS) is 10.3. The summed E-state index contributed by atoms with van der Waals surface area (Å²) in [4.78, 5) is 15.8. The van der Waals surface area contributed by atoms with Gasteiger partial charge in [0.15, 0.2) is 11.4 Å². The quantitative estimate of drug-likeness (QED) is 0.707. The molecule has 7 heteroatoms. The van der Waals surface area contributed by atoms with Crippen molar-refractivity contribution in [3.63, 3.8) is 0 Å². The summed E-state index contributed by atoms with van der Waals surface area (Å²) in [6.07, 6.45) is 0. The van der Waals surface area contributed by atoms with Crippen molar-refractivity contribution in [1.82, 2.24) is 10.5 Å². The molecule has 1 amide bonds. The van der Waals surface area contributed by atoms with E-state index in [1.54, 1.807) is 42.5 Å². The number of nitrogens with zero attached hydrogens (tertiary/aromatic N) is 2. The maximum Gasteiger partial charge on any atom is 0.261 e. The summed E-state index contributed by atoms with van der Waals surface area (Å²) >= 11 is 7.03. The smallest absolute Gasteiger partial charge is 0.261 e. The Bertz CT molecular complexity index is 877. The molecule has 0 aliphatic heterocycles. The first kappa shape index (κ1) is 15.3. The number of carbonyl (C=O) groups is 1. The van der Waals surface area contributed by atoms with Gasteiger partial charge in [-0.1, -0.05) is 41.0 Å². The molecule has 0 saturated heterocycles. The van der Waals surface area contributed by atoms with Crippen molar-refractivity contribution in [3.05, 3.63) is 68.8 Å². The average molecular weight is 344 g/mol. The maximum absolute atomic E-state index is 11.9. The van der Waals surface area contributed by atoms with Crippen molar-refractivity contribution < 1.29 is 9.32 Å². The van der Waals surface area contributed by atoms with Crippen LogP contribution in [0.25, 0.3) is 16.2 Å². The fourth-order valence-corrected chi connectivity index (χ4v) is 2.89. The van der Waals surface area contributed by atoms with Gasteiger partial charge < -0.3 is 9.84 Å². The zero-order valence-electron chi connectivity index (χ0n) is 11.7. The van der Waals surface area contributed by atoms with Gasteiger partial charge in [0, 0.05) is 11.6 Å². The van der Waals surface area contributed by atoms with E-state index in [0.717, 1.165) is 5.56 Å². The van der Waals surface area contributed by atoms with E-state index in [2.05, 4.69) is 15.3 Å². The number of amides is 1.